The highest BCUT2D eigenvalue weighted by atomic mass is 35.5. The molecule has 0 aliphatic carbocycles. The standard InChI is InChI=1S/C17H15ClN2O/c18-16-8-5-13(6-9-16)7-10-17(21)20-12-15-3-1-14(11-19)2-4-15/h1-6,8-9H,7,10,12H2,(H,20,21). The summed E-state index contributed by atoms with van der Waals surface area (Å²) in [6.45, 7) is 0.477. The number of benzene rings is 2. The largest absolute Gasteiger partial charge is 0.352 e. The Morgan fingerprint density at radius 2 is 1.67 bits per heavy atom. The summed E-state index contributed by atoms with van der Waals surface area (Å²) in [5.41, 5.74) is 2.69. The van der Waals surface area contributed by atoms with Crippen LogP contribution in [0.25, 0.3) is 0 Å². The van der Waals surface area contributed by atoms with Gasteiger partial charge < -0.3 is 5.32 Å². The summed E-state index contributed by atoms with van der Waals surface area (Å²) < 4.78 is 0. The van der Waals surface area contributed by atoms with E-state index in [1.165, 1.54) is 0 Å². The third kappa shape index (κ3) is 4.94. The minimum absolute atomic E-state index is 0.00862. The van der Waals surface area contributed by atoms with Gasteiger partial charge in [0.25, 0.3) is 0 Å². The molecule has 21 heavy (non-hydrogen) atoms. The summed E-state index contributed by atoms with van der Waals surface area (Å²) in [5, 5.41) is 12.3. The lowest BCUT2D eigenvalue weighted by molar-refractivity contribution is -0.121. The maximum absolute atomic E-state index is 11.8. The molecule has 0 heterocycles. The van der Waals surface area contributed by atoms with E-state index in [2.05, 4.69) is 11.4 Å². The molecule has 0 saturated carbocycles. The summed E-state index contributed by atoms with van der Waals surface area (Å²) in [7, 11) is 0. The van der Waals surface area contributed by atoms with Crippen LogP contribution in [0.1, 0.15) is 23.1 Å². The molecule has 0 spiro atoms. The molecule has 2 rings (SSSR count). The highest BCUT2D eigenvalue weighted by Crippen LogP contribution is 2.11. The molecule has 0 aliphatic rings. The smallest absolute Gasteiger partial charge is 0.220 e. The summed E-state index contributed by atoms with van der Waals surface area (Å²) in [4.78, 5) is 11.8. The van der Waals surface area contributed by atoms with Crippen LogP contribution in [0.3, 0.4) is 0 Å². The summed E-state index contributed by atoms with van der Waals surface area (Å²) in [6, 6.07) is 16.7. The highest BCUT2D eigenvalue weighted by Gasteiger charge is 2.03. The van der Waals surface area contributed by atoms with Gasteiger partial charge in [0.1, 0.15) is 0 Å². The fourth-order valence-electron chi connectivity index (χ4n) is 1.90. The third-order valence-corrected chi connectivity index (χ3v) is 3.38. The van der Waals surface area contributed by atoms with Crippen molar-refractivity contribution < 1.29 is 4.79 Å². The Labute approximate surface area is 129 Å². The predicted octanol–water partition coefficient (Wildman–Crippen LogP) is 3.46. The van der Waals surface area contributed by atoms with Gasteiger partial charge in [-0.05, 0) is 41.8 Å². The summed E-state index contributed by atoms with van der Waals surface area (Å²) >= 11 is 5.81. The van der Waals surface area contributed by atoms with Gasteiger partial charge in [0.2, 0.25) is 5.91 Å². The fourth-order valence-corrected chi connectivity index (χ4v) is 2.02. The van der Waals surface area contributed by atoms with Crippen LogP contribution in [-0.4, -0.2) is 5.91 Å². The fraction of sp³-hybridized carbons (Fsp3) is 0.176. The minimum Gasteiger partial charge on any atom is -0.352 e. The second kappa shape index (κ2) is 7.47. The van der Waals surface area contributed by atoms with Gasteiger partial charge in [0.05, 0.1) is 11.6 Å². The average Bonchev–Trinajstić information content (AvgIpc) is 2.53. The van der Waals surface area contributed by atoms with E-state index in [-0.39, 0.29) is 5.91 Å². The first kappa shape index (κ1) is 15.1. The molecule has 2 aromatic rings. The summed E-state index contributed by atoms with van der Waals surface area (Å²) in [6.07, 6.45) is 1.13. The van der Waals surface area contributed by atoms with Crippen LogP contribution in [0.15, 0.2) is 48.5 Å². The van der Waals surface area contributed by atoms with E-state index in [0.717, 1.165) is 11.1 Å². The molecule has 106 valence electrons. The number of nitrogens with zero attached hydrogens (tertiary/aromatic N) is 1. The normalized spacial score (nSPS) is 9.90. The highest BCUT2D eigenvalue weighted by molar-refractivity contribution is 6.30. The van der Waals surface area contributed by atoms with Crippen molar-refractivity contribution in [1.82, 2.24) is 5.32 Å². The molecule has 2 aromatic carbocycles. The van der Waals surface area contributed by atoms with Crippen molar-refractivity contribution in [2.45, 2.75) is 19.4 Å². The van der Waals surface area contributed by atoms with Crippen LogP contribution in [0, 0.1) is 11.3 Å². The maximum Gasteiger partial charge on any atom is 0.220 e. The van der Waals surface area contributed by atoms with Crippen molar-refractivity contribution in [3.63, 3.8) is 0 Å². The van der Waals surface area contributed by atoms with Gasteiger partial charge in [0.15, 0.2) is 0 Å². The Hall–Kier alpha value is -2.31. The topological polar surface area (TPSA) is 52.9 Å². The average molecular weight is 299 g/mol. The van der Waals surface area contributed by atoms with Crippen molar-refractivity contribution in [2.24, 2.45) is 0 Å². The minimum atomic E-state index is 0.00862. The molecule has 0 bridgehead atoms. The van der Waals surface area contributed by atoms with E-state index in [4.69, 9.17) is 16.9 Å². The maximum atomic E-state index is 11.8. The predicted molar refractivity (Wildman–Crippen MR) is 82.8 cm³/mol. The summed E-state index contributed by atoms with van der Waals surface area (Å²) in [5.74, 6) is 0.00862. The first-order chi connectivity index (χ1) is 10.2. The van der Waals surface area contributed by atoms with E-state index >= 15 is 0 Å². The van der Waals surface area contributed by atoms with Crippen molar-refractivity contribution in [2.75, 3.05) is 0 Å². The zero-order chi connectivity index (χ0) is 15.1. The number of nitrogens with one attached hydrogen (secondary N) is 1. The number of carbonyl (C=O) groups is 1. The van der Waals surface area contributed by atoms with Crippen LogP contribution in [0.5, 0.6) is 0 Å². The van der Waals surface area contributed by atoms with Crippen molar-refractivity contribution in [3.8, 4) is 6.07 Å². The Morgan fingerprint density at radius 3 is 2.29 bits per heavy atom. The number of nitriles is 1. The van der Waals surface area contributed by atoms with Gasteiger partial charge in [-0.25, -0.2) is 0 Å². The molecule has 0 unspecified atom stereocenters. The molecule has 0 aromatic heterocycles. The Kier molecular flexibility index (Phi) is 5.36. The number of hydrogen-bond acceptors (Lipinski definition) is 2. The van der Waals surface area contributed by atoms with Crippen molar-refractivity contribution >= 4 is 17.5 Å². The molecular formula is C17H15ClN2O. The molecule has 4 heteroatoms. The first-order valence-corrected chi connectivity index (χ1v) is 7.05. The third-order valence-electron chi connectivity index (χ3n) is 3.13. The molecule has 1 N–H and O–H groups in total. The van der Waals surface area contributed by atoms with Gasteiger partial charge in [-0.2, -0.15) is 5.26 Å². The molecule has 0 fully saturated rings. The zero-order valence-corrected chi connectivity index (χ0v) is 12.2. The number of carbonyl (C=O) groups excluding carboxylic acids is 1. The first-order valence-electron chi connectivity index (χ1n) is 6.67. The van der Waals surface area contributed by atoms with Crippen molar-refractivity contribution in [1.29, 1.82) is 5.26 Å². The van der Waals surface area contributed by atoms with Gasteiger partial charge in [-0.3, -0.25) is 4.79 Å². The van der Waals surface area contributed by atoms with E-state index in [1.54, 1.807) is 12.1 Å². The van der Waals surface area contributed by atoms with E-state index in [1.807, 2.05) is 36.4 Å². The van der Waals surface area contributed by atoms with Gasteiger partial charge in [0, 0.05) is 18.0 Å². The Balaban J connectivity index is 1.76. The SMILES string of the molecule is N#Cc1ccc(CNC(=O)CCc2ccc(Cl)cc2)cc1. The van der Waals surface area contributed by atoms with Gasteiger partial charge in [-0.15, -0.1) is 0 Å². The molecule has 0 saturated heterocycles. The van der Waals surface area contributed by atoms with Crippen LogP contribution in [0.2, 0.25) is 5.02 Å². The molecule has 1 amide bonds. The van der Waals surface area contributed by atoms with Crippen LogP contribution >= 0.6 is 11.6 Å². The lowest BCUT2D eigenvalue weighted by atomic mass is 10.1. The lowest BCUT2D eigenvalue weighted by Crippen LogP contribution is -2.22. The van der Waals surface area contributed by atoms with E-state index < -0.39 is 0 Å². The second-order valence-electron chi connectivity index (χ2n) is 4.71. The number of halogens is 1. The zero-order valence-electron chi connectivity index (χ0n) is 11.5. The molecule has 3 nitrogen and oxygen atoms in total. The van der Waals surface area contributed by atoms with Gasteiger partial charge >= 0.3 is 0 Å². The van der Waals surface area contributed by atoms with E-state index in [0.29, 0.717) is 30.0 Å². The molecule has 0 aliphatic heterocycles. The second-order valence-corrected chi connectivity index (χ2v) is 5.15. The molecule has 0 atom stereocenters. The van der Waals surface area contributed by atoms with Gasteiger partial charge in [-0.1, -0.05) is 35.9 Å². The monoisotopic (exact) mass is 298 g/mol. The lowest BCUT2D eigenvalue weighted by Gasteiger charge is -2.06. The van der Waals surface area contributed by atoms with Crippen LogP contribution < -0.4 is 5.32 Å². The van der Waals surface area contributed by atoms with Crippen LogP contribution in [-0.2, 0) is 17.8 Å². The van der Waals surface area contributed by atoms with E-state index in [9.17, 15) is 4.79 Å². The van der Waals surface area contributed by atoms with Crippen molar-refractivity contribution in [3.05, 3.63) is 70.2 Å². The number of amides is 1. The Bertz CT molecular complexity index is 642. The molecular weight excluding hydrogens is 284 g/mol. The quantitative estimate of drug-likeness (QED) is 0.919. The Morgan fingerprint density at radius 1 is 1.05 bits per heavy atom. The van der Waals surface area contributed by atoms with Crippen LogP contribution in [0.4, 0.5) is 0 Å². The number of rotatable bonds is 5. The molecule has 0 radical (unpaired) electrons. The number of hydrogen-bond donors (Lipinski definition) is 1. The number of aryl methyl sites for hydroxylation is 1.